The van der Waals surface area contributed by atoms with E-state index in [0.29, 0.717) is 5.82 Å². The molecule has 0 saturated carbocycles. The molecule has 1 unspecified atom stereocenters. The summed E-state index contributed by atoms with van der Waals surface area (Å²) in [6, 6.07) is 4.47. The number of hydrogen-bond donors (Lipinski definition) is 2. The Hall–Kier alpha value is -2.08. The van der Waals surface area contributed by atoms with Crippen molar-refractivity contribution >= 4 is 5.82 Å². The molecule has 0 aliphatic carbocycles. The van der Waals surface area contributed by atoms with Crippen LogP contribution in [-0.2, 0) is 6.42 Å². The lowest BCUT2D eigenvalue weighted by atomic mass is 9.99. The van der Waals surface area contributed by atoms with Gasteiger partial charge in [-0.1, -0.05) is 6.07 Å². The zero-order valence-corrected chi connectivity index (χ0v) is 9.91. The molecule has 0 radical (unpaired) electrons. The smallest absolute Gasteiger partial charge is 0.194 e. The fourth-order valence-corrected chi connectivity index (χ4v) is 1.81. The minimum Gasteiger partial charge on any atom is -0.384 e. The Morgan fingerprint density at radius 1 is 1.11 bits per heavy atom. The van der Waals surface area contributed by atoms with Crippen LogP contribution in [0.15, 0.2) is 30.5 Å². The van der Waals surface area contributed by atoms with Crippen molar-refractivity contribution < 1.29 is 13.2 Å². The summed E-state index contributed by atoms with van der Waals surface area (Å²) in [4.78, 5) is 3.82. The van der Waals surface area contributed by atoms with Crippen molar-refractivity contribution in [3.8, 4) is 0 Å². The van der Waals surface area contributed by atoms with E-state index < -0.39 is 23.5 Å². The standard InChI is InChI=1S/C13H12F3N3/c14-9-2-1-8(12(15)13(9)16)10(17)5-7-3-4-19-11(18)6-7/h1-4,6,10H,5,17H2,(H2,18,19). The number of nitrogens with zero attached hydrogens (tertiary/aromatic N) is 1. The Labute approximate surface area is 108 Å². The summed E-state index contributed by atoms with van der Waals surface area (Å²) in [6.45, 7) is 0. The van der Waals surface area contributed by atoms with Gasteiger partial charge in [0.15, 0.2) is 17.5 Å². The van der Waals surface area contributed by atoms with Crippen LogP contribution in [0, 0.1) is 17.5 Å². The first-order valence-electron chi connectivity index (χ1n) is 5.58. The topological polar surface area (TPSA) is 64.9 Å². The molecule has 1 aromatic carbocycles. The van der Waals surface area contributed by atoms with Crippen LogP contribution in [-0.4, -0.2) is 4.98 Å². The molecule has 1 atom stereocenters. The summed E-state index contributed by atoms with van der Waals surface area (Å²) in [5.41, 5.74) is 12.0. The first kappa shape index (κ1) is 13.4. The van der Waals surface area contributed by atoms with Crippen LogP contribution in [0.4, 0.5) is 19.0 Å². The molecular weight excluding hydrogens is 255 g/mol. The van der Waals surface area contributed by atoms with E-state index >= 15 is 0 Å². The van der Waals surface area contributed by atoms with Crippen LogP contribution in [0.2, 0.25) is 0 Å². The summed E-state index contributed by atoms with van der Waals surface area (Å²) in [7, 11) is 0. The highest BCUT2D eigenvalue weighted by Crippen LogP contribution is 2.23. The fraction of sp³-hybridized carbons (Fsp3) is 0.154. The molecule has 1 aromatic heterocycles. The van der Waals surface area contributed by atoms with Crippen molar-refractivity contribution in [2.45, 2.75) is 12.5 Å². The maximum absolute atomic E-state index is 13.6. The Kier molecular flexibility index (Phi) is 3.71. The van der Waals surface area contributed by atoms with Gasteiger partial charge in [0.1, 0.15) is 5.82 Å². The highest BCUT2D eigenvalue weighted by molar-refractivity contribution is 5.33. The molecule has 1 heterocycles. The van der Waals surface area contributed by atoms with E-state index in [4.69, 9.17) is 11.5 Å². The summed E-state index contributed by atoms with van der Waals surface area (Å²) in [5.74, 6) is -3.69. The summed E-state index contributed by atoms with van der Waals surface area (Å²) >= 11 is 0. The molecule has 0 fully saturated rings. The van der Waals surface area contributed by atoms with Gasteiger partial charge in [0.05, 0.1) is 0 Å². The van der Waals surface area contributed by atoms with Crippen molar-refractivity contribution in [2.24, 2.45) is 5.73 Å². The number of rotatable bonds is 3. The van der Waals surface area contributed by atoms with Gasteiger partial charge in [0.2, 0.25) is 0 Å². The van der Waals surface area contributed by atoms with E-state index in [-0.39, 0.29) is 12.0 Å². The number of halogens is 3. The number of nitrogen functional groups attached to an aromatic ring is 1. The third kappa shape index (κ3) is 2.85. The molecule has 0 aliphatic heterocycles. The lowest BCUT2D eigenvalue weighted by Gasteiger charge is -2.13. The normalized spacial score (nSPS) is 12.4. The number of pyridine rings is 1. The van der Waals surface area contributed by atoms with Crippen molar-refractivity contribution in [3.05, 3.63) is 59.0 Å². The quantitative estimate of drug-likeness (QED) is 0.839. The van der Waals surface area contributed by atoms with Crippen LogP contribution < -0.4 is 11.5 Å². The third-order valence-corrected chi connectivity index (χ3v) is 2.77. The number of anilines is 1. The lowest BCUT2D eigenvalue weighted by molar-refractivity contribution is 0.435. The van der Waals surface area contributed by atoms with Gasteiger partial charge >= 0.3 is 0 Å². The molecule has 0 saturated heterocycles. The van der Waals surface area contributed by atoms with Crippen LogP contribution in [0.5, 0.6) is 0 Å². The van der Waals surface area contributed by atoms with Crippen molar-refractivity contribution in [1.29, 1.82) is 0 Å². The predicted octanol–water partition coefficient (Wildman–Crippen LogP) is 2.32. The highest BCUT2D eigenvalue weighted by atomic mass is 19.2. The van der Waals surface area contributed by atoms with Gasteiger partial charge < -0.3 is 11.5 Å². The SMILES string of the molecule is Nc1cc(CC(N)c2ccc(F)c(F)c2F)ccn1. The molecule has 6 heteroatoms. The summed E-state index contributed by atoms with van der Waals surface area (Å²) in [5, 5.41) is 0. The third-order valence-electron chi connectivity index (χ3n) is 2.77. The van der Waals surface area contributed by atoms with Crippen molar-refractivity contribution in [1.82, 2.24) is 4.98 Å². The Morgan fingerprint density at radius 3 is 2.53 bits per heavy atom. The van der Waals surface area contributed by atoms with Gasteiger partial charge in [-0.3, -0.25) is 0 Å². The van der Waals surface area contributed by atoms with E-state index in [1.54, 1.807) is 12.1 Å². The molecule has 0 amide bonds. The maximum atomic E-state index is 13.6. The Bertz CT molecular complexity index is 602. The number of benzene rings is 1. The van der Waals surface area contributed by atoms with E-state index in [1.165, 1.54) is 6.20 Å². The molecule has 19 heavy (non-hydrogen) atoms. The van der Waals surface area contributed by atoms with Crippen LogP contribution in [0.25, 0.3) is 0 Å². The number of aromatic nitrogens is 1. The highest BCUT2D eigenvalue weighted by Gasteiger charge is 2.18. The predicted molar refractivity (Wildman–Crippen MR) is 65.6 cm³/mol. The van der Waals surface area contributed by atoms with E-state index in [1.807, 2.05) is 0 Å². The lowest BCUT2D eigenvalue weighted by Crippen LogP contribution is -2.16. The van der Waals surface area contributed by atoms with Crippen LogP contribution >= 0.6 is 0 Å². The van der Waals surface area contributed by atoms with Crippen LogP contribution in [0.3, 0.4) is 0 Å². The van der Waals surface area contributed by atoms with Gasteiger partial charge in [-0.2, -0.15) is 0 Å². The number of nitrogens with two attached hydrogens (primary N) is 2. The first-order valence-corrected chi connectivity index (χ1v) is 5.58. The van der Waals surface area contributed by atoms with Gasteiger partial charge in [-0.15, -0.1) is 0 Å². The van der Waals surface area contributed by atoms with E-state index in [2.05, 4.69) is 4.98 Å². The first-order chi connectivity index (χ1) is 8.99. The second kappa shape index (κ2) is 5.27. The van der Waals surface area contributed by atoms with Crippen molar-refractivity contribution in [3.63, 3.8) is 0 Å². The second-order valence-corrected chi connectivity index (χ2v) is 4.16. The largest absolute Gasteiger partial charge is 0.384 e. The monoisotopic (exact) mass is 267 g/mol. The van der Waals surface area contributed by atoms with Gasteiger partial charge in [0.25, 0.3) is 0 Å². The van der Waals surface area contributed by atoms with Gasteiger partial charge in [-0.05, 0) is 30.2 Å². The molecule has 0 spiro atoms. The minimum atomic E-state index is -1.51. The average Bonchev–Trinajstić information content (AvgIpc) is 2.36. The Balaban J connectivity index is 2.25. The van der Waals surface area contributed by atoms with E-state index in [9.17, 15) is 13.2 Å². The molecule has 0 bridgehead atoms. The maximum Gasteiger partial charge on any atom is 0.194 e. The molecule has 3 nitrogen and oxygen atoms in total. The van der Waals surface area contributed by atoms with Gasteiger partial charge in [0, 0.05) is 17.8 Å². The zero-order valence-electron chi connectivity index (χ0n) is 9.91. The molecule has 2 rings (SSSR count). The Morgan fingerprint density at radius 2 is 1.84 bits per heavy atom. The van der Waals surface area contributed by atoms with Crippen molar-refractivity contribution in [2.75, 3.05) is 5.73 Å². The number of hydrogen-bond acceptors (Lipinski definition) is 3. The molecule has 2 aromatic rings. The molecule has 4 N–H and O–H groups in total. The van der Waals surface area contributed by atoms with E-state index in [0.717, 1.165) is 17.7 Å². The second-order valence-electron chi connectivity index (χ2n) is 4.16. The minimum absolute atomic E-state index is 0.0747. The molecular formula is C13H12F3N3. The van der Waals surface area contributed by atoms with Gasteiger partial charge in [-0.25, -0.2) is 18.2 Å². The zero-order chi connectivity index (χ0) is 14.0. The molecule has 100 valence electrons. The van der Waals surface area contributed by atoms with Crippen LogP contribution in [0.1, 0.15) is 17.2 Å². The average molecular weight is 267 g/mol. The molecule has 0 aliphatic rings. The fourth-order valence-electron chi connectivity index (χ4n) is 1.81. The summed E-state index contributed by atoms with van der Waals surface area (Å²) < 4.78 is 39.5. The summed E-state index contributed by atoms with van der Waals surface area (Å²) in [6.07, 6.45) is 1.74.